The molecular weight excluding hydrogens is 144 g/mol. The lowest BCUT2D eigenvalue weighted by molar-refractivity contribution is -0.204. The van der Waals surface area contributed by atoms with Gasteiger partial charge in [-0.2, -0.15) is 0 Å². The third kappa shape index (κ3) is 2.77. The summed E-state index contributed by atoms with van der Waals surface area (Å²) in [6.07, 6.45) is 0. The van der Waals surface area contributed by atoms with E-state index in [-0.39, 0.29) is 5.60 Å². The lowest BCUT2D eigenvalue weighted by Gasteiger charge is -2.24. The van der Waals surface area contributed by atoms with E-state index >= 15 is 0 Å². The van der Waals surface area contributed by atoms with Crippen LogP contribution in [0.3, 0.4) is 0 Å². The third-order valence-corrected chi connectivity index (χ3v) is 1.85. The first kappa shape index (κ1) is 8.97. The molecule has 0 aromatic rings. The van der Waals surface area contributed by atoms with Gasteiger partial charge in [0.1, 0.15) is 5.60 Å². The van der Waals surface area contributed by atoms with Crippen molar-refractivity contribution in [2.75, 3.05) is 20.3 Å². The Labute approximate surface area is 67.6 Å². The number of rotatable bonds is 4. The van der Waals surface area contributed by atoms with Crippen LogP contribution in [0, 0.1) is 0 Å². The molecule has 0 spiro atoms. The summed E-state index contributed by atoms with van der Waals surface area (Å²) in [6, 6.07) is 0. The van der Waals surface area contributed by atoms with Gasteiger partial charge in [0.05, 0.1) is 13.2 Å². The van der Waals surface area contributed by atoms with E-state index in [4.69, 9.17) is 14.2 Å². The maximum absolute atomic E-state index is 5.46. The Hall–Kier alpha value is -0.120. The number of methoxy groups -OCH3 is 1. The Morgan fingerprint density at radius 3 is 2.45 bits per heavy atom. The van der Waals surface area contributed by atoms with Gasteiger partial charge in [0.2, 0.25) is 0 Å². The van der Waals surface area contributed by atoms with E-state index in [0.717, 1.165) is 6.61 Å². The molecule has 1 fully saturated rings. The molecule has 1 heterocycles. The van der Waals surface area contributed by atoms with Gasteiger partial charge in [-0.25, -0.2) is 0 Å². The predicted molar refractivity (Wildman–Crippen MR) is 41.4 cm³/mol. The molecule has 0 radical (unpaired) electrons. The van der Waals surface area contributed by atoms with Crippen molar-refractivity contribution in [3.63, 3.8) is 0 Å². The normalized spacial score (nSPS) is 30.5. The second kappa shape index (κ2) is 2.73. The van der Waals surface area contributed by atoms with Crippen LogP contribution >= 0.6 is 0 Å². The molecule has 1 saturated heterocycles. The number of hydrogen-bond donors (Lipinski definition) is 0. The SMILES string of the molecule is COC(C)(C)OC[C@@]1(C)CO1. The van der Waals surface area contributed by atoms with E-state index in [1.165, 1.54) is 0 Å². The minimum atomic E-state index is -0.491. The quantitative estimate of drug-likeness (QED) is 0.457. The molecular formula is C8H16O3. The summed E-state index contributed by atoms with van der Waals surface area (Å²) in [6.45, 7) is 7.21. The predicted octanol–water partition coefficient (Wildman–Crippen LogP) is 1.17. The molecule has 66 valence electrons. The maximum Gasteiger partial charge on any atom is 0.162 e. The van der Waals surface area contributed by atoms with Crippen LogP contribution in [0.5, 0.6) is 0 Å². The smallest absolute Gasteiger partial charge is 0.162 e. The van der Waals surface area contributed by atoms with Crippen molar-refractivity contribution in [1.29, 1.82) is 0 Å². The highest BCUT2D eigenvalue weighted by molar-refractivity contribution is 4.86. The average molecular weight is 160 g/mol. The molecule has 0 saturated carbocycles. The lowest BCUT2D eigenvalue weighted by Crippen LogP contribution is -2.31. The van der Waals surface area contributed by atoms with Crippen molar-refractivity contribution in [1.82, 2.24) is 0 Å². The second-order valence-electron chi connectivity index (χ2n) is 3.63. The molecule has 0 aromatic carbocycles. The van der Waals surface area contributed by atoms with E-state index < -0.39 is 5.79 Å². The first-order valence-electron chi connectivity index (χ1n) is 3.81. The van der Waals surface area contributed by atoms with E-state index in [1.54, 1.807) is 7.11 Å². The lowest BCUT2D eigenvalue weighted by atomic mass is 10.2. The average Bonchev–Trinajstić information content (AvgIpc) is 2.66. The minimum Gasteiger partial charge on any atom is -0.367 e. The molecule has 3 nitrogen and oxygen atoms in total. The van der Waals surface area contributed by atoms with Crippen LogP contribution in [0.25, 0.3) is 0 Å². The highest BCUT2D eigenvalue weighted by Gasteiger charge is 2.41. The van der Waals surface area contributed by atoms with Crippen LogP contribution in [0.2, 0.25) is 0 Å². The minimum absolute atomic E-state index is 0.0458. The van der Waals surface area contributed by atoms with Gasteiger partial charge in [-0.1, -0.05) is 0 Å². The molecule has 3 heteroatoms. The van der Waals surface area contributed by atoms with Crippen molar-refractivity contribution in [3.8, 4) is 0 Å². The molecule has 0 aromatic heterocycles. The van der Waals surface area contributed by atoms with Crippen LogP contribution < -0.4 is 0 Å². The molecule has 1 rings (SSSR count). The Kier molecular flexibility index (Phi) is 2.23. The van der Waals surface area contributed by atoms with Gasteiger partial charge in [-0.05, 0) is 20.8 Å². The van der Waals surface area contributed by atoms with Crippen LogP contribution in [0.15, 0.2) is 0 Å². The number of hydrogen-bond acceptors (Lipinski definition) is 3. The first-order valence-corrected chi connectivity index (χ1v) is 3.81. The number of ether oxygens (including phenoxy) is 3. The largest absolute Gasteiger partial charge is 0.367 e. The van der Waals surface area contributed by atoms with Crippen LogP contribution in [0.1, 0.15) is 20.8 Å². The van der Waals surface area contributed by atoms with Crippen molar-refractivity contribution < 1.29 is 14.2 Å². The Balaban J connectivity index is 2.20. The topological polar surface area (TPSA) is 31.0 Å². The molecule has 1 atom stereocenters. The Morgan fingerprint density at radius 2 is 2.09 bits per heavy atom. The zero-order valence-corrected chi connectivity index (χ0v) is 7.64. The molecule has 0 aliphatic carbocycles. The van der Waals surface area contributed by atoms with Crippen molar-refractivity contribution in [2.24, 2.45) is 0 Å². The van der Waals surface area contributed by atoms with Crippen molar-refractivity contribution in [3.05, 3.63) is 0 Å². The monoisotopic (exact) mass is 160 g/mol. The molecule has 0 unspecified atom stereocenters. The molecule has 0 amide bonds. The van der Waals surface area contributed by atoms with Crippen LogP contribution in [-0.4, -0.2) is 31.7 Å². The fraction of sp³-hybridized carbons (Fsp3) is 1.00. The molecule has 11 heavy (non-hydrogen) atoms. The summed E-state index contributed by atoms with van der Waals surface area (Å²) in [5.41, 5.74) is -0.0458. The van der Waals surface area contributed by atoms with Crippen LogP contribution in [-0.2, 0) is 14.2 Å². The fourth-order valence-corrected chi connectivity index (χ4v) is 0.592. The van der Waals surface area contributed by atoms with Gasteiger partial charge >= 0.3 is 0 Å². The summed E-state index contributed by atoms with van der Waals surface area (Å²) in [4.78, 5) is 0. The summed E-state index contributed by atoms with van der Waals surface area (Å²) in [5.74, 6) is -0.491. The maximum atomic E-state index is 5.46. The van der Waals surface area contributed by atoms with E-state index in [2.05, 4.69) is 0 Å². The molecule has 0 N–H and O–H groups in total. The molecule has 1 aliphatic rings. The van der Waals surface area contributed by atoms with Gasteiger partial charge in [0.15, 0.2) is 5.79 Å². The summed E-state index contributed by atoms with van der Waals surface area (Å²) >= 11 is 0. The van der Waals surface area contributed by atoms with Crippen molar-refractivity contribution in [2.45, 2.75) is 32.2 Å². The summed E-state index contributed by atoms with van der Waals surface area (Å²) in [5, 5.41) is 0. The van der Waals surface area contributed by atoms with Crippen LogP contribution in [0.4, 0.5) is 0 Å². The number of epoxide rings is 1. The second-order valence-corrected chi connectivity index (χ2v) is 3.63. The van der Waals surface area contributed by atoms with Gasteiger partial charge in [-0.15, -0.1) is 0 Å². The summed E-state index contributed by atoms with van der Waals surface area (Å²) < 4.78 is 15.7. The van der Waals surface area contributed by atoms with E-state index in [1.807, 2.05) is 20.8 Å². The molecule has 0 bridgehead atoms. The highest BCUT2D eigenvalue weighted by atomic mass is 16.7. The van der Waals surface area contributed by atoms with Crippen molar-refractivity contribution >= 4 is 0 Å². The van der Waals surface area contributed by atoms with E-state index in [0.29, 0.717) is 6.61 Å². The highest BCUT2D eigenvalue weighted by Crippen LogP contribution is 2.27. The fourth-order valence-electron chi connectivity index (χ4n) is 0.592. The van der Waals surface area contributed by atoms with Gasteiger partial charge in [0.25, 0.3) is 0 Å². The van der Waals surface area contributed by atoms with Gasteiger partial charge in [-0.3, -0.25) is 0 Å². The standard InChI is InChI=1S/C8H16O3/c1-7(2,9-4)10-5-8(3)6-11-8/h5-6H2,1-4H3/t8-/m0/s1. The zero-order valence-electron chi connectivity index (χ0n) is 7.64. The zero-order chi connectivity index (χ0) is 8.54. The Morgan fingerprint density at radius 1 is 1.55 bits per heavy atom. The first-order chi connectivity index (χ1) is 4.97. The summed E-state index contributed by atoms with van der Waals surface area (Å²) in [7, 11) is 1.64. The van der Waals surface area contributed by atoms with Gasteiger partial charge in [0, 0.05) is 7.11 Å². The van der Waals surface area contributed by atoms with E-state index in [9.17, 15) is 0 Å². The Bertz CT molecular complexity index is 138. The van der Waals surface area contributed by atoms with Gasteiger partial charge < -0.3 is 14.2 Å². The third-order valence-electron chi connectivity index (χ3n) is 1.85. The molecule has 1 aliphatic heterocycles.